The molecule has 3 heteroatoms. The lowest BCUT2D eigenvalue weighted by atomic mass is 9.99. The smallest absolute Gasteiger partial charge is 0.156 e. The number of Topliss-reactive ketones (excluding diaryl/α,β-unsaturated/α-hetero) is 1. The lowest BCUT2D eigenvalue weighted by Crippen LogP contribution is -2.22. The van der Waals surface area contributed by atoms with E-state index in [2.05, 4.69) is 94.8 Å². The number of rotatable bonds is 8. The Kier molecular flexibility index (Phi) is 6.46. The fourth-order valence-corrected chi connectivity index (χ4v) is 4.64. The predicted molar refractivity (Wildman–Crippen MR) is 139 cm³/mol. The number of nitrogens with zero attached hydrogens (tertiary/aromatic N) is 2. The van der Waals surface area contributed by atoms with E-state index < -0.39 is 0 Å². The minimum atomic E-state index is 0.154. The molecule has 0 bridgehead atoms. The molecule has 0 radical (unpaired) electrons. The zero-order valence-electron chi connectivity index (χ0n) is 19.4. The van der Waals surface area contributed by atoms with Crippen molar-refractivity contribution in [1.29, 1.82) is 0 Å². The molecule has 0 atom stereocenters. The normalized spacial score (nSPS) is 13.2. The summed E-state index contributed by atoms with van der Waals surface area (Å²) in [6, 6.07) is 29.8. The van der Waals surface area contributed by atoms with Gasteiger partial charge in [0, 0.05) is 37.6 Å². The molecule has 0 amide bonds. The molecular formula is C31H28N2O. The summed E-state index contributed by atoms with van der Waals surface area (Å²) in [6.07, 6.45) is 6.67. The maximum absolute atomic E-state index is 11.8. The van der Waals surface area contributed by atoms with Crippen LogP contribution in [0.25, 0.3) is 16.5 Å². The van der Waals surface area contributed by atoms with Gasteiger partial charge < -0.3 is 0 Å². The molecule has 0 N–H and O–H groups in total. The van der Waals surface area contributed by atoms with Gasteiger partial charge in [0.25, 0.3) is 0 Å². The van der Waals surface area contributed by atoms with Crippen molar-refractivity contribution in [2.75, 3.05) is 0 Å². The van der Waals surface area contributed by atoms with Gasteiger partial charge in [-0.25, -0.2) is 0 Å². The quantitative estimate of drug-likeness (QED) is 0.302. The standard InChI is InChI=1S/C31H28N2O/c1-23(34)26-14-15-28(19-26)27-11-7-10-25(18-27)21-33(20-24-8-3-2-4-9-24)22-29-16-17-32-31-13-6-5-12-30(29)31/h2-18H,19-22H2,1H3. The zero-order valence-corrected chi connectivity index (χ0v) is 19.4. The van der Waals surface area contributed by atoms with Crippen LogP contribution in [0.3, 0.4) is 0 Å². The molecule has 0 saturated carbocycles. The summed E-state index contributed by atoms with van der Waals surface area (Å²) in [6.45, 7) is 4.17. The molecule has 1 heterocycles. The Balaban J connectivity index is 1.41. The predicted octanol–water partition coefficient (Wildman–Crippen LogP) is 6.74. The monoisotopic (exact) mass is 444 g/mol. The molecule has 1 aliphatic rings. The molecule has 34 heavy (non-hydrogen) atoms. The van der Waals surface area contributed by atoms with Gasteiger partial charge in [-0.1, -0.05) is 84.9 Å². The lowest BCUT2D eigenvalue weighted by Gasteiger charge is -2.24. The summed E-state index contributed by atoms with van der Waals surface area (Å²) >= 11 is 0. The van der Waals surface area contributed by atoms with Crippen LogP contribution in [0.1, 0.15) is 35.6 Å². The van der Waals surface area contributed by atoms with Crippen molar-refractivity contribution >= 4 is 22.3 Å². The summed E-state index contributed by atoms with van der Waals surface area (Å²) in [5.41, 5.74) is 8.17. The van der Waals surface area contributed by atoms with Crippen molar-refractivity contribution < 1.29 is 4.79 Å². The molecule has 3 aromatic carbocycles. The van der Waals surface area contributed by atoms with Crippen molar-refractivity contribution in [1.82, 2.24) is 9.88 Å². The first-order chi connectivity index (χ1) is 16.7. The summed E-state index contributed by atoms with van der Waals surface area (Å²) in [5, 5.41) is 1.20. The van der Waals surface area contributed by atoms with Gasteiger partial charge in [-0.3, -0.25) is 14.7 Å². The van der Waals surface area contributed by atoms with E-state index in [0.29, 0.717) is 0 Å². The average molecular weight is 445 g/mol. The molecule has 0 saturated heterocycles. The number of hydrogen-bond acceptors (Lipinski definition) is 3. The van der Waals surface area contributed by atoms with Crippen molar-refractivity contribution in [3.63, 3.8) is 0 Å². The third kappa shape index (κ3) is 5.05. The van der Waals surface area contributed by atoms with Crippen LogP contribution in [0, 0.1) is 0 Å². The number of carbonyl (C=O) groups excluding carboxylic acids is 1. The van der Waals surface area contributed by atoms with Crippen molar-refractivity contribution in [2.45, 2.75) is 33.0 Å². The van der Waals surface area contributed by atoms with Gasteiger partial charge in [-0.15, -0.1) is 0 Å². The number of hydrogen-bond donors (Lipinski definition) is 0. The van der Waals surface area contributed by atoms with Crippen LogP contribution >= 0.6 is 0 Å². The zero-order chi connectivity index (χ0) is 23.3. The first-order valence-corrected chi connectivity index (χ1v) is 11.7. The molecule has 0 spiro atoms. The van der Waals surface area contributed by atoms with E-state index in [9.17, 15) is 4.79 Å². The van der Waals surface area contributed by atoms with Crippen LogP contribution in [0.15, 0.2) is 109 Å². The summed E-state index contributed by atoms with van der Waals surface area (Å²) in [4.78, 5) is 18.8. The topological polar surface area (TPSA) is 33.2 Å². The van der Waals surface area contributed by atoms with E-state index in [4.69, 9.17) is 0 Å². The molecule has 3 nitrogen and oxygen atoms in total. The Morgan fingerprint density at radius 2 is 1.59 bits per heavy atom. The Hall–Kier alpha value is -3.82. The Bertz CT molecular complexity index is 1380. The largest absolute Gasteiger partial charge is 0.295 e. The SMILES string of the molecule is CC(=O)C1=CC=C(c2cccc(CN(Cc3ccccc3)Cc3ccnc4ccccc34)c2)C1. The van der Waals surface area contributed by atoms with Crippen molar-refractivity contribution in [2.24, 2.45) is 0 Å². The first-order valence-electron chi connectivity index (χ1n) is 11.7. The highest BCUT2D eigenvalue weighted by atomic mass is 16.1. The van der Waals surface area contributed by atoms with E-state index in [0.717, 1.165) is 37.1 Å². The summed E-state index contributed by atoms with van der Waals surface area (Å²) < 4.78 is 0. The maximum Gasteiger partial charge on any atom is 0.156 e. The van der Waals surface area contributed by atoms with Crippen molar-refractivity contribution in [3.8, 4) is 0 Å². The van der Waals surface area contributed by atoms with Gasteiger partial charge in [-0.2, -0.15) is 0 Å². The molecule has 0 unspecified atom stereocenters. The molecule has 0 fully saturated rings. The van der Waals surface area contributed by atoms with Crippen LogP contribution in [-0.4, -0.2) is 15.7 Å². The van der Waals surface area contributed by atoms with Crippen LogP contribution in [0.5, 0.6) is 0 Å². The van der Waals surface area contributed by atoms with Crippen LogP contribution in [-0.2, 0) is 24.4 Å². The van der Waals surface area contributed by atoms with E-state index >= 15 is 0 Å². The Morgan fingerprint density at radius 1 is 0.824 bits per heavy atom. The summed E-state index contributed by atoms with van der Waals surface area (Å²) in [5.74, 6) is 0.154. The molecule has 4 aromatic rings. The van der Waals surface area contributed by atoms with E-state index in [1.165, 1.54) is 33.2 Å². The fourth-order valence-electron chi connectivity index (χ4n) is 4.64. The fraction of sp³-hybridized carbons (Fsp3) is 0.161. The number of carbonyl (C=O) groups is 1. The third-order valence-electron chi connectivity index (χ3n) is 6.41. The lowest BCUT2D eigenvalue weighted by molar-refractivity contribution is -0.113. The number of allylic oxidation sites excluding steroid dienone is 4. The van der Waals surface area contributed by atoms with Crippen molar-refractivity contribution in [3.05, 3.63) is 131 Å². The van der Waals surface area contributed by atoms with Gasteiger partial charge in [0.2, 0.25) is 0 Å². The van der Waals surface area contributed by atoms with Crippen LogP contribution in [0.4, 0.5) is 0 Å². The van der Waals surface area contributed by atoms with E-state index in [1.807, 2.05) is 18.3 Å². The summed E-state index contributed by atoms with van der Waals surface area (Å²) in [7, 11) is 0. The Morgan fingerprint density at radius 3 is 2.41 bits per heavy atom. The number of ketones is 1. The number of pyridine rings is 1. The molecule has 5 rings (SSSR count). The maximum atomic E-state index is 11.8. The highest BCUT2D eigenvalue weighted by Gasteiger charge is 2.15. The van der Waals surface area contributed by atoms with Gasteiger partial charge >= 0.3 is 0 Å². The van der Waals surface area contributed by atoms with Crippen LogP contribution in [0.2, 0.25) is 0 Å². The molecular weight excluding hydrogens is 416 g/mol. The highest BCUT2D eigenvalue weighted by molar-refractivity contribution is 5.98. The second kappa shape index (κ2) is 9.98. The third-order valence-corrected chi connectivity index (χ3v) is 6.41. The van der Waals surface area contributed by atoms with Gasteiger partial charge in [-0.05, 0) is 52.5 Å². The number of fused-ring (bicyclic) bond motifs is 1. The molecule has 168 valence electrons. The molecule has 0 aliphatic heterocycles. The van der Waals surface area contributed by atoms with Crippen LogP contribution < -0.4 is 0 Å². The second-order valence-corrected chi connectivity index (χ2v) is 8.94. The number of aromatic nitrogens is 1. The minimum absolute atomic E-state index is 0.154. The van der Waals surface area contributed by atoms with Gasteiger partial charge in [0.1, 0.15) is 0 Å². The minimum Gasteiger partial charge on any atom is -0.295 e. The van der Waals surface area contributed by atoms with Gasteiger partial charge in [0.15, 0.2) is 5.78 Å². The highest BCUT2D eigenvalue weighted by Crippen LogP contribution is 2.29. The second-order valence-electron chi connectivity index (χ2n) is 8.94. The number of para-hydroxylation sites is 1. The van der Waals surface area contributed by atoms with Gasteiger partial charge in [0.05, 0.1) is 5.52 Å². The number of benzene rings is 3. The molecule has 1 aromatic heterocycles. The molecule has 1 aliphatic carbocycles. The first kappa shape index (κ1) is 22.0. The van der Waals surface area contributed by atoms with E-state index in [-0.39, 0.29) is 5.78 Å². The average Bonchev–Trinajstić information content (AvgIpc) is 3.36. The van der Waals surface area contributed by atoms with E-state index in [1.54, 1.807) is 6.92 Å². The Labute approximate surface area is 201 Å².